The summed E-state index contributed by atoms with van der Waals surface area (Å²) in [5.74, 6) is 0.657. The van der Waals surface area contributed by atoms with Gasteiger partial charge in [-0.1, -0.05) is 20.8 Å². The molecule has 4 nitrogen and oxygen atoms in total. The molecule has 0 aromatic carbocycles. The van der Waals surface area contributed by atoms with Crippen molar-refractivity contribution in [2.45, 2.75) is 59.1 Å². The van der Waals surface area contributed by atoms with E-state index >= 15 is 0 Å². The van der Waals surface area contributed by atoms with Crippen molar-refractivity contribution in [2.24, 2.45) is 0 Å². The largest absolute Gasteiger partial charge is 0.481 e. The van der Waals surface area contributed by atoms with E-state index in [0.29, 0.717) is 5.88 Å². The molecule has 1 rings (SSSR count). The van der Waals surface area contributed by atoms with Gasteiger partial charge in [-0.25, -0.2) is 4.68 Å². The van der Waals surface area contributed by atoms with Crippen LogP contribution in [0.5, 0.6) is 5.88 Å². The van der Waals surface area contributed by atoms with Crippen molar-refractivity contribution in [2.75, 3.05) is 7.11 Å². The van der Waals surface area contributed by atoms with Crippen molar-refractivity contribution < 1.29 is 9.84 Å². The Kier molecular flexibility index (Phi) is 3.58. The van der Waals surface area contributed by atoms with E-state index in [1.54, 1.807) is 7.11 Å². The van der Waals surface area contributed by atoms with Crippen molar-refractivity contribution >= 4 is 0 Å². The average Bonchev–Trinajstić information content (AvgIpc) is 2.54. The van der Waals surface area contributed by atoms with Crippen LogP contribution in [0.25, 0.3) is 0 Å². The van der Waals surface area contributed by atoms with Gasteiger partial charge >= 0.3 is 0 Å². The molecule has 1 aromatic heterocycles. The lowest BCUT2D eigenvalue weighted by Gasteiger charge is -2.21. The van der Waals surface area contributed by atoms with E-state index in [4.69, 9.17) is 4.74 Å². The molecule has 1 heterocycles. The number of rotatable bonds is 2. The normalized spacial score (nSPS) is 12.9. The summed E-state index contributed by atoms with van der Waals surface area (Å²) in [5.41, 5.74) is 1.40. The molecule has 0 aliphatic rings. The molecule has 0 radical (unpaired) electrons. The second kappa shape index (κ2) is 4.33. The Balaban J connectivity index is 3.50. The number of aliphatic hydroxyl groups excluding tert-OH is 1. The molecule has 0 bridgehead atoms. The van der Waals surface area contributed by atoms with Gasteiger partial charge in [-0.3, -0.25) is 0 Å². The molecule has 0 fully saturated rings. The summed E-state index contributed by atoms with van der Waals surface area (Å²) in [6.07, 6.45) is 0. The Hall–Kier alpha value is -1.03. The number of ether oxygens (including phenoxy) is 1. The molecular weight excluding hydrogens is 216 g/mol. The highest BCUT2D eigenvalue weighted by atomic mass is 16.5. The highest BCUT2D eigenvalue weighted by Gasteiger charge is 2.30. The summed E-state index contributed by atoms with van der Waals surface area (Å²) >= 11 is 0. The first-order valence-electron chi connectivity index (χ1n) is 5.90. The minimum absolute atomic E-state index is 0.0497. The van der Waals surface area contributed by atoms with Gasteiger partial charge in [0.05, 0.1) is 30.5 Å². The van der Waals surface area contributed by atoms with E-state index in [1.807, 2.05) is 4.68 Å². The van der Waals surface area contributed by atoms with Crippen LogP contribution < -0.4 is 4.74 Å². The van der Waals surface area contributed by atoms with E-state index in [-0.39, 0.29) is 17.6 Å². The van der Waals surface area contributed by atoms with Crippen LogP contribution in [0, 0.1) is 0 Å². The maximum Gasteiger partial charge on any atom is 0.217 e. The van der Waals surface area contributed by atoms with Crippen molar-refractivity contribution in [1.82, 2.24) is 9.78 Å². The molecule has 0 aliphatic heterocycles. The summed E-state index contributed by atoms with van der Waals surface area (Å²) < 4.78 is 7.26. The van der Waals surface area contributed by atoms with E-state index < -0.39 is 0 Å². The maximum atomic E-state index is 9.54. The fourth-order valence-electron chi connectivity index (χ4n) is 1.84. The van der Waals surface area contributed by atoms with Gasteiger partial charge in [-0.2, -0.15) is 5.10 Å². The Labute approximate surface area is 104 Å². The van der Waals surface area contributed by atoms with Gasteiger partial charge < -0.3 is 9.84 Å². The third-order valence-corrected chi connectivity index (χ3v) is 2.63. The molecule has 0 amide bonds. The molecule has 4 heteroatoms. The molecular formula is C13H24N2O2. The van der Waals surface area contributed by atoms with Crippen LogP contribution in [0.15, 0.2) is 0 Å². The minimum Gasteiger partial charge on any atom is -0.481 e. The van der Waals surface area contributed by atoms with Crippen LogP contribution in [-0.2, 0) is 17.6 Å². The molecule has 0 aliphatic carbocycles. The van der Waals surface area contributed by atoms with Crippen molar-refractivity contribution in [1.29, 1.82) is 0 Å². The van der Waals surface area contributed by atoms with Gasteiger partial charge in [-0.15, -0.1) is 0 Å². The van der Waals surface area contributed by atoms with Crippen molar-refractivity contribution in [3.8, 4) is 5.88 Å². The summed E-state index contributed by atoms with van der Waals surface area (Å²) in [7, 11) is 1.62. The monoisotopic (exact) mass is 240 g/mol. The van der Waals surface area contributed by atoms with Crippen LogP contribution >= 0.6 is 0 Å². The molecule has 17 heavy (non-hydrogen) atoms. The van der Waals surface area contributed by atoms with Crippen LogP contribution in [0.2, 0.25) is 0 Å². The van der Waals surface area contributed by atoms with Gasteiger partial charge in [-0.05, 0) is 20.8 Å². The fraction of sp³-hybridized carbons (Fsp3) is 0.769. The number of hydrogen-bond acceptors (Lipinski definition) is 3. The lowest BCUT2D eigenvalue weighted by molar-refractivity contribution is 0.255. The van der Waals surface area contributed by atoms with E-state index in [9.17, 15) is 5.11 Å². The first kappa shape index (κ1) is 14.0. The van der Waals surface area contributed by atoms with Gasteiger partial charge in [0.15, 0.2) is 0 Å². The summed E-state index contributed by atoms with van der Waals surface area (Å²) in [4.78, 5) is 0. The number of methoxy groups -OCH3 is 1. The topological polar surface area (TPSA) is 47.3 Å². The van der Waals surface area contributed by atoms with Gasteiger partial charge in [0.1, 0.15) is 0 Å². The predicted molar refractivity (Wildman–Crippen MR) is 68.4 cm³/mol. The second-order valence-electron chi connectivity index (χ2n) is 6.33. The average molecular weight is 240 g/mol. The van der Waals surface area contributed by atoms with Crippen LogP contribution in [0.1, 0.15) is 52.8 Å². The summed E-state index contributed by atoms with van der Waals surface area (Å²) in [5, 5.41) is 14.2. The molecule has 1 aromatic rings. The third-order valence-electron chi connectivity index (χ3n) is 2.63. The highest BCUT2D eigenvalue weighted by molar-refractivity contribution is 5.36. The summed E-state index contributed by atoms with van der Waals surface area (Å²) in [6, 6.07) is 0. The molecule has 0 unspecified atom stereocenters. The SMILES string of the molecule is COc1c(CO)c(C(C)(C)C)nn1C(C)(C)C. The number of aromatic nitrogens is 2. The zero-order valence-electron chi connectivity index (χ0n) is 12.0. The van der Waals surface area contributed by atoms with E-state index in [0.717, 1.165) is 11.3 Å². The number of hydrogen-bond donors (Lipinski definition) is 1. The first-order valence-corrected chi connectivity index (χ1v) is 5.90. The lowest BCUT2D eigenvalue weighted by atomic mass is 9.89. The Bertz CT molecular complexity index is 358. The molecule has 0 saturated carbocycles. The molecule has 0 atom stereocenters. The van der Waals surface area contributed by atoms with E-state index in [2.05, 4.69) is 46.6 Å². The lowest BCUT2D eigenvalue weighted by Crippen LogP contribution is -2.24. The number of nitrogens with zero attached hydrogens (tertiary/aromatic N) is 2. The fourth-order valence-corrected chi connectivity index (χ4v) is 1.84. The second-order valence-corrected chi connectivity index (χ2v) is 6.33. The van der Waals surface area contributed by atoms with Crippen LogP contribution in [0.3, 0.4) is 0 Å². The van der Waals surface area contributed by atoms with Crippen LogP contribution in [0.4, 0.5) is 0 Å². The third kappa shape index (κ3) is 2.63. The Morgan fingerprint density at radius 3 is 2.00 bits per heavy atom. The zero-order valence-corrected chi connectivity index (χ0v) is 12.0. The summed E-state index contributed by atoms with van der Waals surface area (Å²) in [6.45, 7) is 12.4. The molecule has 0 spiro atoms. The Morgan fingerprint density at radius 1 is 1.18 bits per heavy atom. The molecule has 98 valence electrons. The van der Waals surface area contributed by atoms with Gasteiger partial charge in [0, 0.05) is 5.41 Å². The van der Waals surface area contributed by atoms with Gasteiger partial charge in [0.2, 0.25) is 5.88 Å². The molecule has 1 N–H and O–H groups in total. The van der Waals surface area contributed by atoms with Gasteiger partial charge in [0.25, 0.3) is 0 Å². The smallest absolute Gasteiger partial charge is 0.217 e. The molecule has 0 saturated heterocycles. The van der Waals surface area contributed by atoms with Crippen molar-refractivity contribution in [3.63, 3.8) is 0 Å². The zero-order chi connectivity index (χ0) is 13.4. The predicted octanol–water partition coefficient (Wildman–Crippen LogP) is 2.44. The minimum atomic E-state index is -0.168. The first-order chi connectivity index (χ1) is 7.62. The standard InChI is InChI=1S/C13H24N2O2/c1-12(2,3)10-9(8-16)11(17-7)15(14-10)13(4,5)6/h16H,8H2,1-7H3. The van der Waals surface area contributed by atoms with E-state index in [1.165, 1.54) is 0 Å². The number of aliphatic hydroxyl groups is 1. The highest BCUT2D eigenvalue weighted by Crippen LogP contribution is 2.34. The van der Waals surface area contributed by atoms with Crippen LogP contribution in [-0.4, -0.2) is 22.0 Å². The van der Waals surface area contributed by atoms with Crippen molar-refractivity contribution in [3.05, 3.63) is 11.3 Å². The maximum absolute atomic E-state index is 9.54. The Morgan fingerprint density at radius 2 is 1.71 bits per heavy atom. The quantitative estimate of drug-likeness (QED) is 0.863.